The summed E-state index contributed by atoms with van der Waals surface area (Å²) < 4.78 is 0. The number of hydrogen-bond donors (Lipinski definition) is 0. The molecule has 16 heavy (non-hydrogen) atoms. The fourth-order valence-electron chi connectivity index (χ4n) is 1.54. The minimum Gasteiger partial charge on any atom is -0.357 e. The Kier molecular flexibility index (Phi) is 3.29. The number of carbonyl (C=O) groups excluding carboxylic acids is 1. The van der Waals surface area contributed by atoms with Crippen LogP contribution in [-0.4, -0.2) is 28.1 Å². The smallest absolute Gasteiger partial charge is 0.200 e. The van der Waals surface area contributed by atoms with Crippen LogP contribution in [0.1, 0.15) is 24.3 Å². The van der Waals surface area contributed by atoms with Crippen molar-refractivity contribution in [2.45, 2.75) is 13.8 Å². The lowest BCUT2D eigenvalue weighted by Gasteiger charge is -2.17. The average Bonchev–Trinajstić information content (AvgIpc) is 2.62. The zero-order chi connectivity index (χ0) is 11.5. The third-order valence-electron chi connectivity index (χ3n) is 2.71. The molecule has 0 fully saturated rings. The topological polar surface area (TPSA) is 33.2 Å². The number of ketones is 1. The van der Waals surface area contributed by atoms with Crippen LogP contribution < -0.4 is 0 Å². The van der Waals surface area contributed by atoms with Gasteiger partial charge in [-0.05, 0) is 26.0 Å². The molecule has 84 valence electrons. The second-order valence-corrected chi connectivity index (χ2v) is 4.91. The lowest BCUT2D eigenvalue weighted by molar-refractivity contribution is 0.0954. The van der Waals surface area contributed by atoms with Gasteiger partial charge in [-0.1, -0.05) is 6.07 Å². The molecule has 4 heteroatoms. The van der Waals surface area contributed by atoms with Gasteiger partial charge in [0.05, 0.1) is 12.4 Å². The van der Waals surface area contributed by atoms with Crippen LogP contribution in [0.4, 0.5) is 0 Å². The molecular formula is C12H14N2OS. The van der Waals surface area contributed by atoms with Gasteiger partial charge in [0.1, 0.15) is 5.69 Å². The van der Waals surface area contributed by atoms with Crippen molar-refractivity contribution >= 4 is 17.5 Å². The van der Waals surface area contributed by atoms with Gasteiger partial charge < -0.3 is 4.90 Å². The zero-order valence-corrected chi connectivity index (χ0v) is 10.3. The molecule has 0 saturated carbocycles. The summed E-state index contributed by atoms with van der Waals surface area (Å²) >= 11 is 1.78. The summed E-state index contributed by atoms with van der Waals surface area (Å²) in [4.78, 5) is 19.4. The van der Waals surface area contributed by atoms with Crippen LogP contribution in [-0.2, 0) is 0 Å². The summed E-state index contributed by atoms with van der Waals surface area (Å²) in [6.07, 6.45) is 1.65. The van der Waals surface area contributed by atoms with Crippen LogP contribution >= 0.6 is 11.8 Å². The van der Waals surface area contributed by atoms with Gasteiger partial charge in [0, 0.05) is 16.8 Å². The molecule has 1 aromatic heterocycles. The Hall–Kier alpha value is -1.29. The maximum absolute atomic E-state index is 11.9. The molecule has 2 rings (SSSR count). The fraction of sp³-hybridized carbons (Fsp3) is 0.333. The van der Waals surface area contributed by atoms with Crippen molar-refractivity contribution in [2.75, 3.05) is 12.4 Å². The predicted molar refractivity (Wildman–Crippen MR) is 66.1 cm³/mol. The number of nitrogens with zero attached hydrogens (tertiary/aromatic N) is 2. The highest BCUT2D eigenvalue weighted by atomic mass is 32.2. The number of hydrogen-bond acceptors (Lipinski definition) is 4. The van der Waals surface area contributed by atoms with Crippen LogP contribution in [0.3, 0.4) is 0 Å². The van der Waals surface area contributed by atoms with E-state index in [4.69, 9.17) is 0 Å². The highest BCUT2D eigenvalue weighted by Gasteiger charge is 2.20. The Bertz CT molecular complexity index is 428. The molecule has 1 aliphatic heterocycles. The molecular weight excluding hydrogens is 220 g/mol. The van der Waals surface area contributed by atoms with E-state index in [-0.39, 0.29) is 5.78 Å². The highest BCUT2D eigenvalue weighted by Crippen LogP contribution is 2.30. The summed E-state index contributed by atoms with van der Waals surface area (Å²) in [6.45, 7) is 4.57. The summed E-state index contributed by atoms with van der Waals surface area (Å²) in [5.41, 5.74) is 1.75. The monoisotopic (exact) mass is 234 g/mol. The van der Waals surface area contributed by atoms with Crippen molar-refractivity contribution in [1.29, 1.82) is 0 Å². The van der Waals surface area contributed by atoms with Gasteiger partial charge >= 0.3 is 0 Å². The normalized spacial score (nSPS) is 15.8. The summed E-state index contributed by atoms with van der Waals surface area (Å²) in [7, 11) is 0. The summed E-state index contributed by atoms with van der Waals surface area (Å²) in [5, 5.41) is 0. The van der Waals surface area contributed by atoms with E-state index in [1.54, 1.807) is 24.0 Å². The molecule has 0 radical (unpaired) electrons. The molecule has 2 heterocycles. The molecule has 0 aliphatic carbocycles. The van der Waals surface area contributed by atoms with E-state index >= 15 is 0 Å². The molecule has 0 aromatic carbocycles. The van der Waals surface area contributed by atoms with Crippen molar-refractivity contribution in [3.05, 3.63) is 40.7 Å². The molecule has 0 atom stereocenters. The van der Waals surface area contributed by atoms with Crippen molar-refractivity contribution in [3.63, 3.8) is 0 Å². The lowest BCUT2D eigenvalue weighted by Crippen LogP contribution is -2.26. The van der Waals surface area contributed by atoms with Crippen LogP contribution in [0.5, 0.6) is 0 Å². The quantitative estimate of drug-likeness (QED) is 0.752. The van der Waals surface area contributed by atoms with Gasteiger partial charge in [0.2, 0.25) is 0 Å². The second-order valence-electron chi connectivity index (χ2n) is 3.75. The molecule has 0 saturated heterocycles. The van der Waals surface area contributed by atoms with E-state index in [0.717, 1.165) is 5.88 Å². The van der Waals surface area contributed by atoms with Gasteiger partial charge in [0.15, 0.2) is 5.78 Å². The van der Waals surface area contributed by atoms with E-state index in [1.165, 1.54) is 10.6 Å². The zero-order valence-electron chi connectivity index (χ0n) is 9.43. The lowest BCUT2D eigenvalue weighted by atomic mass is 10.2. The number of thioether (sulfide) groups is 1. The predicted octanol–water partition coefficient (Wildman–Crippen LogP) is 2.52. The molecule has 1 aromatic rings. The number of rotatable bonds is 3. The maximum atomic E-state index is 11.9. The van der Waals surface area contributed by atoms with Crippen molar-refractivity contribution < 1.29 is 4.79 Å². The SMILES string of the molecule is CC1=C(C)N(CC(=O)c2ccccn2)CS1. The number of aromatic nitrogens is 1. The van der Waals surface area contributed by atoms with Crippen LogP contribution in [0, 0.1) is 0 Å². The van der Waals surface area contributed by atoms with Crippen molar-refractivity contribution in [2.24, 2.45) is 0 Å². The molecule has 0 spiro atoms. The van der Waals surface area contributed by atoms with E-state index in [2.05, 4.69) is 23.7 Å². The van der Waals surface area contributed by atoms with E-state index in [0.29, 0.717) is 12.2 Å². The van der Waals surface area contributed by atoms with Crippen LogP contribution in [0.15, 0.2) is 35.0 Å². The summed E-state index contributed by atoms with van der Waals surface area (Å²) in [6, 6.07) is 5.42. The standard InChI is InChI=1S/C12H14N2OS/c1-9-10(2)16-8-14(9)7-12(15)11-5-3-4-6-13-11/h3-6H,7-8H2,1-2H3. The Balaban J connectivity index is 2.04. The first-order valence-electron chi connectivity index (χ1n) is 5.18. The highest BCUT2D eigenvalue weighted by molar-refractivity contribution is 8.03. The van der Waals surface area contributed by atoms with Gasteiger partial charge in [-0.2, -0.15) is 0 Å². The number of carbonyl (C=O) groups is 1. The van der Waals surface area contributed by atoms with E-state index in [1.807, 2.05) is 12.1 Å². The molecule has 1 aliphatic rings. The van der Waals surface area contributed by atoms with Crippen LogP contribution in [0.25, 0.3) is 0 Å². The minimum atomic E-state index is 0.0789. The Labute approximate surface area is 99.6 Å². The van der Waals surface area contributed by atoms with Gasteiger partial charge in [0.25, 0.3) is 0 Å². The third kappa shape index (κ3) is 2.27. The Morgan fingerprint density at radius 3 is 2.88 bits per heavy atom. The average molecular weight is 234 g/mol. The number of pyridine rings is 1. The van der Waals surface area contributed by atoms with Crippen molar-refractivity contribution in [3.8, 4) is 0 Å². The maximum Gasteiger partial charge on any atom is 0.200 e. The Morgan fingerprint density at radius 1 is 1.50 bits per heavy atom. The fourth-order valence-corrected chi connectivity index (χ4v) is 2.52. The van der Waals surface area contributed by atoms with Gasteiger partial charge in [-0.15, -0.1) is 11.8 Å². The second kappa shape index (κ2) is 4.70. The van der Waals surface area contributed by atoms with Crippen LogP contribution in [0.2, 0.25) is 0 Å². The first-order valence-corrected chi connectivity index (χ1v) is 6.16. The minimum absolute atomic E-state index is 0.0789. The Morgan fingerprint density at radius 2 is 2.31 bits per heavy atom. The summed E-state index contributed by atoms with van der Waals surface area (Å²) in [5.74, 6) is 0.950. The third-order valence-corrected chi connectivity index (χ3v) is 3.87. The largest absolute Gasteiger partial charge is 0.357 e. The first-order chi connectivity index (χ1) is 7.68. The number of Topliss-reactive ketones (excluding diaryl/α,β-unsaturated/α-hetero) is 1. The molecule has 0 amide bonds. The molecule has 3 nitrogen and oxygen atoms in total. The molecule has 0 unspecified atom stereocenters. The van der Waals surface area contributed by atoms with E-state index in [9.17, 15) is 4.79 Å². The first kappa shape index (κ1) is 11.2. The molecule has 0 N–H and O–H groups in total. The number of allylic oxidation sites excluding steroid dienone is 2. The molecule has 0 bridgehead atoms. The van der Waals surface area contributed by atoms with Crippen molar-refractivity contribution in [1.82, 2.24) is 9.88 Å². The van der Waals surface area contributed by atoms with E-state index < -0.39 is 0 Å². The van der Waals surface area contributed by atoms with Gasteiger partial charge in [-0.25, -0.2) is 0 Å². The van der Waals surface area contributed by atoms with Gasteiger partial charge in [-0.3, -0.25) is 9.78 Å².